The van der Waals surface area contributed by atoms with Crippen LogP contribution in [0.5, 0.6) is 0 Å². The quantitative estimate of drug-likeness (QED) is 0.174. The summed E-state index contributed by atoms with van der Waals surface area (Å²) >= 11 is 4.12. The van der Waals surface area contributed by atoms with Crippen LogP contribution < -0.4 is 15.6 Å². The highest BCUT2D eigenvalue weighted by molar-refractivity contribution is 8.00. The van der Waals surface area contributed by atoms with Gasteiger partial charge in [0.1, 0.15) is 29.9 Å². The van der Waals surface area contributed by atoms with E-state index in [2.05, 4.69) is 15.5 Å². The second kappa shape index (κ2) is 9.52. The molecule has 5 rings (SSSR count). The van der Waals surface area contributed by atoms with Gasteiger partial charge < -0.3 is 21.0 Å². The Balaban J connectivity index is 1.38. The number of hydrogen-bond donors (Lipinski definition) is 3. The number of thiazole rings is 1. The maximum Gasteiger partial charge on any atom is 0.352 e. The number of carboxylic acid groups (broad SMARTS) is 1. The van der Waals surface area contributed by atoms with Gasteiger partial charge in [0.15, 0.2) is 23.6 Å². The van der Waals surface area contributed by atoms with E-state index >= 15 is 0 Å². The van der Waals surface area contributed by atoms with Crippen molar-refractivity contribution in [2.45, 2.75) is 24.9 Å². The average molecular weight is 546 g/mol. The van der Waals surface area contributed by atoms with E-state index in [1.54, 1.807) is 16.7 Å². The summed E-state index contributed by atoms with van der Waals surface area (Å²) < 4.78 is 2.00. The molecule has 3 aromatic rings. The molecule has 0 aliphatic carbocycles. The molecule has 0 saturated carbocycles. The van der Waals surface area contributed by atoms with Gasteiger partial charge in [0.2, 0.25) is 0 Å². The smallest absolute Gasteiger partial charge is 0.352 e. The van der Waals surface area contributed by atoms with E-state index in [0.717, 1.165) is 27.1 Å². The maximum atomic E-state index is 13.1. The minimum absolute atomic E-state index is 0.0370. The van der Waals surface area contributed by atoms with Crippen molar-refractivity contribution in [3.63, 3.8) is 0 Å². The maximum absolute atomic E-state index is 13.1. The van der Waals surface area contributed by atoms with Crippen molar-refractivity contribution in [1.82, 2.24) is 15.2 Å². The van der Waals surface area contributed by atoms with Crippen LogP contribution in [0.15, 0.2) is 45.5 Å². The lowest BCUT2D eigenvalue weighted by Crippen LogP contribution is -2.71. The number of carbonyl (C=O) groups excluding carboxylic acids is 2. The molecule has 1 unspecified atom stereocenters. The van der Waals surface area contributed by atoms with Crippen molar-refractivity contribution in [3.8, 4) is 0 Å². The van der Waals surface area contributed by atoms with Crippen LogP contribution in [-0.4, -0.2) is 62.8 Å². The Morgan fingerprint density at radius 2 is 2.19 bits per heavy atom. The summed E-state index contributed by atoms with van der Waals surface area (Å²) in [5, 5.41) is 20.8. The van der Waals surface area contributed by atoms with Crippen molar-refractivity contribution < 1.29 is 28.9 Å². The van der Waals surface area contributed by atoms with Gasteiger partial charge in [0, 0.05) is 22.8 Å². The van der Waals surface area contributed by atoms with E-state index in [4.69, 9.17) is 10.6 Å². The zero-order valence-electron chi connectivity index (χ0n) is 19.1. The number of rotatable bonds is 7. The number of pyridine rings is 1. The Hall–Kier alpha value is -3.49. The number of aliphatic carboxylic acids is 1. The third-order valence-electron chi connectivity index (χ3n) is 5.89. The highest BCUT2D eigenvalue weighted by Gasteiger charge is 2.54. The molecule has 0 aromatic carbocycles. The molecule has 3 aromatic heterocycles. The second-order valence-corrected chi connectivity index (χ2v) is 11.0. The molecule has 0 bridgehead atoms. The van der Waals surface area contributed by atoms with Crippen LogP contribution in [0.4, 0.5) is 5.13 Å². The van der Waals surface area contributed by atoms with E-state index in [1.807, 2.05) is 35.2 Å². The van der Waals surface area contributed by atoms with Crippen LogP contribution in [-0.2, 0) is 25.8 Å². The van der Waals surface area contributed by atoms with Crippen molar-refractivity contribution >= 4 is 73.3 Å². The van der Waals surface area contributed by atoms with Crippen LogP contribution in [0.1, 0.15) is 11.3 Å². The Morgan fingerprint density at radius 3 is 2.89 bits per heavy atom. The van der Waals surface area contributed by atoms with Crippen LogP contribution >= 0.6 is 34.4 Å². The van der Waals surface area contributed by atoms with Gasteiger partial charge in [-0.15, -0.1) is 23.1 Å². The lowest BCUT2D eigenvalue weighted by Gasteiger charge is -2.49. The van der Waals surface area contributed by atoms with Crippen molar-refractivity contribution in [2.75, 3.05) is 18.6 Å². The van der Waals surface area contributed by atoms with E-state index in [1.165, 1.54) is 23.8 Å². The number of fused-ring (bicyclic) bond motifs is 2. The Morgan fingerprint density at radius 1 is 1.39 bits per heavy atom. The van der Waals surface area contributed by atoms with Gasteiger partial charge in [0.25, 0.3) is 16.6 Å². The van der Waals surface area contributed by atoms with Crippen molar-refractivity contribution in [1.29, 1.82) is 0 Å². The number of thioether (sulfide) groups is 1. The Bertz CT molecular complexity index is 1460. The van der Waals surface area contributed by atoms with E-state index in [0.29, 0.717) is 17.9 Å². The topological polar surface area (TPSA) is 151 Å². The summed E-state index contributed by atoms with van der Waals surface area (Å²) in [6.07, 6.45) is 1.93. The number of nitrogens with two attached hydrogens (primary N) is 1. The molecule has 186 valence electrons. The molecule has 14 heteroatoms. The molecule has 2 amide bonds. The molecule has 2 aliphatic heterocycles. The van der Waals surface area contributed by atoms with Crippen LogP contribution in [0.3, 0.4) is 0 Å². The fraction of sp³-hybridized carbons (Fsp3) is 0.273. The number of nitrogens with zero attached hydrogens (tertiary/aromatic N) is 4. The largest absolute Gasteiger partial charge is 0.477 e. The third-order valence-corrected chi connectivity index (χ3v) is 8.86. The van der Waals surface area contributed by atoms with Crippen LogP contribution in [0.2, 0.25) is 0 Å². The summed E-state index contributed by atoms with van der Waals surface area (Å²) in [6, 6.07) is 3.12. The number of carboxylic acids is 1. The number of β-lactam (4-membered cyclic amide) rings is 1. The van der Waals surface area contributed by atoms with E-state index < -0.39 is 29.2 Å². The highest BCUT2D eigenvalue weighted by atomic mass is 32.2. The number of amides is 2. The fourth-order valence-electron chi connectivity index (χ4n) is 4.22. The molecule has 4 N–H and O–H groups in total. The monoisotopic (exact) mass is 545 g/mol. The van der Waals surface area contributed by atoms with Gasteiger partial charge in [0.05, 0.1) is 5.39 Å². The SMILES string of the molecule is CON=C(C(=O)NC1C(=O)N2C(C(=O)O)=C(C[n+]3ccc(C)c4ccsc43)CS[C@H]12)c1csc(N)n1. The zero-order valence-corrected chi connectivity index (χ0v) is 21.6. The molecule has 0 radical (unpaired) electrons. The summed E-state index contributed by atoms with van der Waals surface area (Å²) in [6.45, 7) is 2.37. The predicted octanol–water partition coefficient (Wildman–Crippen LogP) is 1.33. The average Bonchev–Trinajstić information content (AvgIpc) is 3.52. The van der Waals surface area contributed by atoms with Gasteiger partial charge >= 0.3 is 5.97 Å². The number of carbonyl (C=O) groups is 3. The van der Waals surface area contributed by atoms with Crippen molar-refractivity contribution in [2.24, 2.45) is 5.16 Å². The van der Waals surface area contributed by atoms with Gasteiger partial charge in [-0.05, 0) is 23.9 Å². The van der Waals surface area contributed by atoms with E-state index in [9.17, 15) is 19.5 Å². The van der Waals surface area contributed by atoms with Crippen LogP contribution in [0, 0.1) is 6.92 Å². The molecular weight excluding hydrogens is 524 g/mol. The first-order chi connectivity index (χ1) is 17.3. The molecule has 5 heterocycles. The molecule has 36 heavy (non-hydrogen) atoms. The normalized spacial score (nSPS) is 19.8. The molecule has 1 fully saturated rings. The summed E-state index contributed by atoms with van der Waals surface area (Å²) in [4.78, 5) is 49.3. The predicted molar refractivity (Wildman–Crippen MR) is 137 cm³/mol. The molecule has 2 aliphatic rings. The summed E-state index contributed by atoms with van der Waals surface area (Å²) in [7, 11) is 1.29. The standard InChI is InChI=1S/C22H20N6O5S3/c1-10-3-5-27(19-12(10)4-6-34-19)7-11-8-35-20-15(18(30)28(20)16(11)21(31)32)25-17(29)14(26-33-2)13-9-36-22(23)24-13/h3-6,9,15,20H,7-8H2,1-2H3,(H3-,23,24,25,29,31,32)/p+1/t15?,20-/m1/s1. The fourth-order valence-corrected chi connectivity index (χ4v) is 7.05. The molecule has 2 atom stereocenters. The first-order valence-electron chi connectivity index (χ1n) is 10.7. The van der Waals surface area contributed by atoms with Crippen LogP contribution in [0.25, 0.3) is 10.2 Å². The first kappa shape index (κ1) is 24.2. The number of aryl methyl sites for hydroxylation is 1. The Labute approximate surface area is 217 Å². The number of hydrogen-bond acceptors (Lipinski definition) is 10. The third kappa shape index (κ3) is 4.10. The molecular formula is C22H21N6O5S3+. The highest BCUT2D eigenvalue weighted by Crippen LogP contribution is 2.40. The second-order valence-electron chi connectivity index (χ2n) is 8.08. The molecule has 1 saturated heterocycles. The molecule has 11 nitrogen and oxygen atoms in total. The number of nitrogens with one attached hydrogen (secondary N) is 1. The minimum Gasteiger partial charge on any atom is -0.477 e. The Kier molecular flexibility index (Phi) is 6.40. The van der Waals surface area contributed by atoms with E-state index in [-0.39, 0.29) is 22.2 Å². The number of aromatic nitrogens is 2. The lowest BCUT2D eigenvalue weighted by molar-refractivity contribution is -0.661. The number of nitrogen functional groups attached to an aromatic ring is 1. The van der Waals surface area contributed by atoms with Gasteiger partial charge in [-0.25, -0.2) is 9.78 Å². The lowest BCUT2D eigenvalue weighted by atomic mass is 10.0. The molecule has 0 spiro atoms. The zero-order chi connectivity index (χ0) is 25.6. The first-order valence-corrected chi connectivity index (χ1v) is 13.5. The van der Waals surface area contributed by atoms with Gasteiger partial charge in [-0.1, -0.05) is 16.5 Å². The summed E-state index contributed by atoms with van der Waals surface area (Å²) in [5.74, 6) is -1.94. The number of anilines is 1. The number of thiophene rings is 1. The number of oxime groups is 1. The minimum atomic E-state index is -1.18. The van der Waals surface area contributed by atoms with Crippen molar-refractivity contribution in [3.05, 3.63) is 51.6 Å². The van der Waals surface area contributed by atoms with Gasteiger partial charge in [-0.2, -0.15) is 4.57 Å². The summed E-state index contributed by atoms with van der Waals surface area (Å²) in [5.41, 5.74) is 7.49. The van der Waals surface area contributed by atoms with Gasteiger partial charge in [-0.3, -0.25) is 14.5 Å².